The Balaban J connectivity index is 3.20. The molecule has 20 heavy (non-hydrogen) atoms. The van der Waals surface area contributed by atoms with Gasteiger partial charge in [0.25, 0.3) is 10.0 Å². The minimum absolute atomic E-state index is 0.247. The Morgan fingerprint density at radius 3 is 2.25 bits per heavy atom. The zero-order valence-electron chi connectivity index (χ0n) is 10.6. The van der Waals surface area contributed by atoms with Gasteiger partial charge in [-0.2, -0.15) is 18.1 Å². The highest BCUT2D eigenvalue weighted by atomic mass is 32.2. The topological polar surface area (TPSA) is 134 Å². The van der Waals surface area contributed by atoms with Gasteiger partial charge >= 0.3 is 0 Å². The molecule has 0 amide bonds. The molecular formula is C12H13N2O5S-. The maximum atomic E-state index is 11.9. The SMILES string of the molecule is CC(CO)(CO)/C([O-])=N/S(=O)(=O)c1ccc(C#N)cc1. The maximum Gasteiger partial charge on any atom is 0.281 e. The van der Waals surface area contributed by atoms with Crippen LogP contribution in [0.2, 0.25) is 0 Å². The number of aliphatic hydroxyl groups excluding tert-OH is 2. The zero-order valence-corrected chi connectivity index (χ0v) is 11.5. The molecule has 8 heteroatoms. The summed E-state index contributed by atoms with van der Waals surface area (Å²) in [7, 11) is -4.24. The molecule has 1 aromatic rings. The van der Waals surface area contributed by atoms with E-state index in [4.69, 9.17) is 15.5 Å². The molecule has 0 bridgehead atoms. The first-order chi connectivity index (χ1) is 9.29. The van der Waals surface area contributed by atoms with Gasteiger partial charge < -0.3 is 15.3 Å². The molecular weight excluding hydrogens is 284 g/mol. The second kappa shape index (κ2) is 6.00. The van der Waals surface area contributed by atoms with Crippen LogP contribution in [0.3, 0.4) is 0 Å². The number of rotatable bonds is 5. The number of sulfonamides is 1. The molecule has 0 aliphatic carbocycles. The first-order valence-corrected chi connectivity index (χ1v) is 6.97. The highest BCUT2D eigenvalue weighted by Gasteiger charge is 2.25. The van der Waals surface area contributed by atoms with E-state index in [2.05, 4.69) is 4.40 Å². The molecule has 1 aromatic carbocycles. The van der Waals surface area contributed by atoms with Crippen molar-refractivity contribution < 1.29 is 23.7 Å². The predicted octanol–water partition coefficient (Wildman–Crippen LogP) is -1.00. The Bertz CT molecular complexity index is 639. The average molecular weight is 297 g/mol. The van der Waals surface area contributed by atoms with Crippen LogP contribution in [0.5, 0.6) is 0 Å². The number of hydrogen-bond donors (Lipinski definition) is 2. The van der Waals surface area contributed by atoms with Gasteiger partial charge in [-0.3, -0.25) is 0 Å². The standard InChI is InChI=1S/C12H14N2O5S/c1-12(7-15,8-16)11(17)14-20(18,19)10-4-2-9(6-13)3-5-10/h2-5,15-16H,7-8H2,1H3,(H,14,17)/p-1. The summed E-state index contributed by atoms with van der Waals surface area (Å²) in [5, 5.41) is 38.4. The Morgan fingerprint density at radius 2 is 1.85 bits per heavy atom. The summed E-state index contributed by atoms with van der Waals surface area (Å²) in [4.78, 5) is -0.247. The van der Waals surface area contributed by atoms with Gasteiger partial charge in [-0.15, -0.1) is 0 Å². The van der Waals surface area contributed by atoms with Crippen LogP contribution in [0.15, 0.2) is 33.6 Å². The Kier molecular flexibility index (Phi) is 4.83. The van der Waals surface area contributed by atoms with Crippen molar-refractivity contribution in [3.63, 3.8) is 0 Å². The molecule has 0 aliphatic heterocycles. The van der Waals surface area contributed by atoms with Gasteiger partial charge in [0.1, 0.15) is 0 Å². The maximum absolute atomic E-state index is 11.9. The van der Waals surface area contributed by atoms with E-state index < -0.39 is 34.5 Å². The van der Waals surface area contributed by atoms with Crippen LogP contribution in [0.25, 0.3) is 0 Å². The molecule has 2 N–H and O–H groups in total. The lowest BCUT2D eigenvalue weighted by atomic mass is 9.93. The van der Waals surface area contributed by atoms with Crippen molar-refractivity contribution in [2.45, 2.75) is 11.8 Å². The van der Waals surface area contributed by atoms with Gasteiger partial charge in [-0.25, -0.2) is 0 Å². The van der Waals surface area contributed by atoms with Crippen LogP contribution in [0.1, 0.15) is 12.5 Å². The van der Waals surface area contributed by atoms with Gasteiger partial charge in [0.15, 0.2) is 0 Å². The van der Waals surface area contributed by atoms with Crippen LogP contribution in [0, 0.1) is 16.7 Å². The summed E-state index contributed by atoms with van der Waals surface area (Å²) in [5.74, 6) is -1.13. The molecule has 0 fully saturated rings. The first-order valence-electron chi connectivity index (χ1n) is 5.53. The monoisotopic (exact) mass is 297 g/mol. The van der Waals surface area contributed by atoms with Gasteiger partial charge in [-0.05, 0) is 30.2 Å². The highest BCUT2D eigenvalue weighted by molar-refractivity contribution is 7.90. The summed E-state index contributed by atoms with van der Waals surface area (Å²) < 4.78 is 26.9. The van der Waals surface area contributed by atoms with Gasteiger partial charge in [-0.1, -0.05) is 6.92 Å². The summed E-state index contributed by atoms with van der Waals surface area (Å²) in [5.41, 5.74) is -1.38. The summed E-state index contributed by atoms with van der Waals surface area (Å²) >= 11 is 0. The molecule has 0 spiro atoms. The quantitative estimate of drug-likeness (QED) is 0.528. The number of hydrogen-bond acceptors (Lipinski definition) is 6. The lowest BCUT2D eigenvalue weighted by molar-refractivity contribution is -0.233. The van der Waals surface area contributed by atoms with E-state index in [1.165, 1.54) is 19.1 Å². The van der Waals surface area contributed by atoms with Crippen LogP contribution < -0.4 is 5.11 Å². The van der Waals surface area contributed by atoms with Crippen molar-refractivity contribution >= 4 is 15.9 Å². The molecule has 0 saturated heterocycles. The van der Waals surface area contributed by atoms with Crippen LogP contribution >= 0.6 is 0 Å². The fourth-order valence-corrected chi connectivity index (χ4v) is 2.18. The third kappa shape index (κ3) is 3.33. The third-order valence-corrected chi connectivity index (χ3v) is 3.97. The van der Waals surface area contributed by atoms with E-state index in [1.54, 1.807) is 0 Å². The molecule has 108 valence electrons. The van der Waals surface area contributed by atoms with Crippen molar-refractivity contribution in [3.05, 3.63) is 29.8 Å². The zero-order chi connectivity index (χ0) is 15.4. The second-order valence-electron chi connectivity index (χ2n) is 4.38. The van der Waals surface area contributed by atoms with E-state index in [0.717, 1.165) is 12.1 Å². The molecule has 0 heterocycles. The smallest absolute Gasteiger partial charge is 0.281 e. The Hall–Kier alpha value is -1.95. The summed E-state index contributed by atoms with van der Waals surface area (Å²) in [6.07, 6.45) is 0. The molecule has 0 saturated carbocycles. The molecule has 0 unspecified atom stereocenters. The predicted molar refractivity (Wildman–Crippen MR) is 68.1 cm³/mol. The van der Waals surface area contributed by atoms with Crippen LogP contribution in [0.4, 0.5) is 0 Å². The van der Waals surface area contributed by atoms with Gasteiger partial charge in [0.05, 0.1) is 29.7 Å². The van der Waals surface area contributed by atoms with Gasteiger partial charge in [0, 0.05) is 5.41 Å². The number of benzene rings is 1. The number of aliphatic hydroxyl groups is 2. The Morgan fingerprint density at radius 1 is 1.35 bits per heavy atom. The molecule has 7 nitrogen and oxygen atoms in total. The lowest BCUT2D eigenvalue weighted by Crippen LogP contribution is -2.43. The summed E-state index contributed by atoms with van der Waals surface area (Å²) in [6.45, 7) is -0.253. The molecule has 0 radical (unpaired) electrons. The van der Waals surface area contributed by atoms with Gasteiger partial charge in [0.2, 0.25) is 0 Å². The highest BCUT2D eigenvalue weighted by Crippen LogP contribution is 2.18. The van der Waals surface area contributed by atoms with Crippen molar-refractivity contribution in [3.8, 4) is 6.07 Å². The van der Waals surface area contributed by atoms with Crippen LogP contribution in [-0.4, -0.2) is 37.7 Å². The van der Waals surface area contributed by atoms with E-state index in [0.29, 0.717) is 0 Å². The Labute approximate surface area is 116 Å². The average Bonchev–Trinajstić information content (AvgIpc) is 2.45. The van der Waals surface area contributed by atoms with Crippen molar-refractivity contribution in [1.29, 1.82) is 5.26 Å². The van der Waals surface area contributed by atoms with Crippen molar-refractivity contribution in [1.82, 2.24) is 0 Å². The molecule has 0 aliphatic rings. The van der Waals surface area contributed by atoms with Crippen molar-refractivity contribution in [2.24, 2.45) is 9.81 Å². The second-order valence-corrected chi connectivity index (χ2v) is 5.99. The minimum Gasteiger partial charge on any atom is -0.861 e. The number of nitrogens with zero attached hydrogens (tertiary/aromatic N) is 2. The van der Waals surface area contributed by atoms with E-state index >= 15 is 0 Å². The van der Waals surface area contributed by atoms with E-state index in [9.17, 15) is 13.5 Å². The lowest BCUT2D eigenvalue weighted by Gasteiger charge is -2.30. The molecule has 1 rings (SSSR count). The van der Waals surface area contributed by atoms with Crippen molar-refractivity contribution in [2.75, 3.05) is 13.2 Å². The van der Waals surface area contributed by atoms with Crippen LogP contribution in [-0.2, 0) is 10.0 Å². The third-order valence-electron chi connectivity index (χ3n) is 2.70. The normalized spacial score (nSPS) is 13.0. The fourth-order valence-electron chi connectivity index (χ4n) is 1.16. The molecule has 0 aromatic heterocycles. The number of nitriles is 1. The fraction of sp³-hybridized carbons (Fsp3) is 0.333. The van der Waals surface area contributed by atoms with E-state index in [-0.39, 0.29) is 10.5 Å². The molecule has 0 atom stereocenters. The minimum atomic E-state index is -4.24. The first kappa shape index (κ1) is 16.1. The summed E-state index contributed by atoms with van der Waals surface area (Å²) in [6, 6.07) is 6.70. The van der Waals surface area contributed by atoms with E-state index in [1.807, 2.05) is 6.07 Å². The largest absolute Gasteiger partial charge is 0.861 e.